The summed E-state index contributed by atoms with van der Waals surface area (Å²) < 4.78 is 1.59. The van der Waals surface area contributed by atoms with Crippen LogP contribution in [0.5, 0.6) is 0 Å². The molecule has 3 amide bonds. The number of hydrogen-bond acceptors (Lipinski definition) is 5. The van der Waals surface area contributed by atoms with E-state index in [1.165, 1.54) is 11.8 Å². The first kappa shape index (κ1) is 21.9. The molecule has 0 aliphatic carbocycles. The van der Waals surface area contributed by atoms with E-state index in [0.29, 0.717) is 18.7 Å². The van der Waals surface area contributed by atoms with E-state index in [0.717, 1.165) is 24.1 Å². The van der Waals surface area contributed by atoms with Crippen LogP contribution in [0.1, 0.15) is 28.8 Å². The van der Waals surface area contributed by atoms with Crippen LogP contribution in [0.25, 0.3) is 0 Å². The minimum atomic E-state index is -0.136. The summed E-state index contributed by atoms with van der Waals surface area (Å²) >= 11 is 1.31. The standard InChI is InChI=1S/C21H27N5O3S/c1-15-3-5-17(6-4-15)23-19(27)13-30-14-20(28)26-9-7-18(8-10-26)24-21(29)16-11-22-25(2)12-16/h3-6,11-12,18H,7-10,13-14H2,1-2H3,(H,23,27)(H,24,29). The predicted octanol–water partition coefficient (Wildman–Crippen LogP) is 1.82. The van der Waals surface area contributed by atoms with Gasteiger partial charge in [-0.2, -0.15) is 5.10 Å². The highest BCUT2D eigenvalue weighted by atomic mass is 32.2. The molecule has 160 valence electrons. The number of benzene rings is 1. The maximum absolute atomic E-state index is 12.4. The number of carbonyl (C=O) groups is 3. The van der Waals surface area contributed by atoms with E-state index in [1.807, 2.05) is 31.2 Å². The topological polar surface area (TPSA) is 96.3 Å². The summed E-state index contributed by atoms with van der Waals surface area (Å²) in [6.07, 6.45) is 4.66. The summed E-state index contributed by atoms with van der Waals surface area (Å²) in [5.41, 5.74) is 2.43. The van der Waals surface area contributed by atoms with Crippen LogP contribution in [0.15, 0.2) is 36.7 Å². The molecular weight excluding hydrogens is 402 g/mol. The molecule has 30 heavy (non-hydrogen) atoms. The molecule has 0 bridgehead atoms. The van der Waals surface area contributed by atoms with Crippen LogP contribution in [-0.2, 0) is 16.6 Å². The Morgan fingerprint density at radius 1 is 1.13 bits per heavy atom. The molecule has 1 aromatic heterocycles. The Bertz CT molecular complexity index is 888. The number of thioether (sulfide) groups is 1. The van der Waals surface area contributed by atoms with E-state index in [2.05, 4.69) is 15.7 Å². The fraction of sp³-hybridized carbons (Fsp3) is 0.429. The number of nitrogens with one attached hydrogen (secondary N) is 2. The first-order chi connectivity index (χ1) is 14.4. The van der Waals surface area contributed by atoms with Crippen molar-refractivity contribution < 1.29 is 14.4 Å². The Kier molecular flexibility index (Phi) is 7.51. The number of piperidine rings is 1. The average molecular weight is 430 g/mol. The van der Waals surface area contributed by atoms with Gasteiger partial charge in [-0.05, 0) is 31.9 Å². The zero-order chi connectivity index (χ0) is 21.5. The van der Waals surface area contributed by atoms with Gasteiger partial charge in [0.1, 0.15) is 0 Å². The van der Waals surface area contributed by atoms with Gasteiger partial charge in [0.05, 0.1) is 23.3 Å². The van der Waals surface area contributed by atoms with Crippen LogP contribution in [0.2, 0.25) is 0 Å². The molecule has 2 N–H and O–H groups in total. The molecule has 1 aliphatic rings. The Morgan fingerprint density at radius 2 is 1.83 bits per heavy atom. The van der Waals surface area contributed by atoms with Crippen molar-refractivity contribution in [1.29, 1.82) is 0 Å². The lowest BCUT2D eigenvalue weighted by Crippen LogP contribution is -2.47. The molecule has 2 heterocycles. The predicted molar refractivity (Wildman–Crippen MR) is 117 cm³/mol. The van der Waals surface area contributed by atoms with E-state index < -0.39 is 0 Å². The third-order valence-electron chi connectivity index (χ3n) is 4.94. The molecule has 2 aromatic rings. The molecule has 9 heteroatoms. The van der Waals surface area contributed by atoms with Crippen molar-refractivity contribution in [3.63, 3.8) is 0 Å². The summed E-state index contributed by atoms with van der Waals surface area (Å²) in [5, 5.41) is 9.84. The van der Waals surface area contributed by atoms with E-state index >= 15 is 0 Å². The van der Waals surface area contributed by atoms with Crippen molar-refractivity contribution in [2.75, 3.05) is 29.9 Å². The van der Waals surface area contributed by atoms with Crippen molar-refractivity contribution in [3.05, 3.63) is 47.8 Å². The lowest BCUT2D eigenvalue weighted by Gasteiger charge is -2.32. The molecule has 3 rings (SSSR count). The van der Waals surface area contributed by atoms with Gasteiger partial charge in [0, 0.05) is 38.1 Å². The van der Waals surface area contributed by atoms with Crippen molar-refractivity contribution in [1.82, 2.24) is 20.0 Å². The highest BCUT2D eigenvalue weighted by Crippen LogP contribution is 2.14. The minimum Gasteiger partial charge on any atom is -0.349 e. The van der Waals surface area contributed by atoms with Crippen LogP contribution in [0, 0.1) is 6.92 Å². The quantitative estimate of drug-likeness (QED) is 0.700. The zero-order valence-electron chi connectivity index (χ0n) is 17.3. The molecule has 1 fully saturated rings. The lowest BCUT2D eigenvalue weighted by atomic mass is 10.0. The monoisotopic (exact) mass is 429 g/mol. The Labute approximate surface area is 180 Å². The van der Waals surface area contributed by atoms with E-state index in [1.54, 1.807) is 29.0 Å². The number of aryl methyl sites for hydroxylation is 2. The van der Waals surface area contributed by atoms with Gasteiger partial charge in [-0.15, -0.1) is 11.8 Å². The van der Waals surface area contributed by atoms with Crippen LogP contribution in [-0.4, -0.2) is 63.0 Å². The van der Waals surface area contributed by atoms with Crippen LogP contribution in [0.3, 0.4) is 0 Å². The van der Waals surface area contributed by atoms with Crippen LogP contribution < -0.4 is 10.6 Å². The molecule has 0 unspecified atom stereocenters. The third-order valence-corrected chi connectivity index (χ3v) is 5.86. The largest absolute Gasteiger partial charge is 0.349 e. The van der Waals surface area contributed by atoms with Crippen molar-refractivity contribution in [2.45, 2.75) is 25.8 Å². The van der Waals surface area contributed by atoms with Gasteiger partial charge in [0.25, 0.3) is 5.91 Å². The SMILES string of the molecule is Cc1ccc(NC(=O)CSCC(=O)N2CCC(NC(=O)c3cnn(C)c3)CC2)cc1. The van der Waals surface area contributed by atoms with Gasteiger partial charge in [0.15, 0.2) is 0 Å². The second-order valence-corrected chi connectivity index (χ2v) is 8.42. The summed E-state index contributed by atoms with van der Waals surface area (Å²) in [7, 11) is 1.77. The van der Waals surface area contributed by atoms with Gasteiger partial charge in [-0.1, -0.05) is 17.7 Å². The number of carbonyl (C=O) groups excluding carboxylic acids is 3. The van der Waals surface area contributed by atoms with E-state index in [9.17, 15) is 14.4 Å². The fourth-order valence-electron chi connectivity index (χ4n) is 3.24. The second-order valence-electron chi connectivity index (χ2n) is 7.44. The number of rotatable bonds is 7. The maximum atomic E-state index is 12.4. The van der Waals surface area contributed by atoms with Crippen molar-refractivity contribution in [3.8, 4) is 0 Å². The molecule has 0 spiro atoms. The maximum Gasteiger partial charge on any atom is 0.254 e. The number of hydrogen-bond donors (Lipinski definition) is 2. The first-order valence-electron chi connectivity index (χ1n) is 9.92. The molecule has 8 nitrogen and oxygen atoms in total. The number of nitrogens with zero attached hydrogens (tertiary/aromatic N) is 3. The molecule has 1 saturated heterocycles. The van der Waals surface area contributed by atoms with Crippen molar-refractivity contribution >= 4 is 35.2 Å². The molecule has 0 saturated carbocycles. The highest BCUT2D eigenvalue weighted by molar-refractivity contribution is 8.00. The fourth-order valence-corrected chi connectivity index (χ4v) is 3.95. The minimum absolute atomic E-state index is 0.0279. The average Bonchev–Trinajstić information content (AvgIpc) is 3.17. The summed E-state index contributed by atoms with van der Waals surface area (Å²) in [4.78, 5) is 38.4. The molecule has 0 atom stereocenters. The summed E-state index contributed by atoms with van der Waals surface area (Å²) in [5.74, 6) is 0.280. The molecule has 1 aromatic carbocycles. The number of aromatic nitrogens is 2. The van der Waals surface area contributed by atoms with Gasteiger partial charge in [-0.3, -0.25) is 19.1 Å². The molecular formula is C21H27N5O3S. The number of amides is 3. The highest BCUT2D eigenvalue weighted by Gasteiger charge is 2.24. The van der Waals surface area contributed by atoms with Gasteiger partial charge >= 0.3 is 0 Å². The number of anilines is 1. The van der Waals surface area contributed by atoms with Gasteiger partial charge < -0.3 is 15.5 Å². The Balaban J connectivity index is 1.33. The Hall–Kier alpha value is -2.81. The summed E-state index contributed by atoms with van der Waals surface area (Å²) in [6, 6.07) is 7.65. The third kappa shape index (κ3) is 6.35. The molecule has 0 radical (unpaired) electrons. The molecule has 1 aliphatic heterocycles. The Morgan fingerprint density at radius 3 is 2.47 bits per heavy atom. The smallest absolute Gasteiger partial charge is 0.254 e. The van der Waals surface area contributed by atoms with Gasteiger partial charge in [0.2, 0.25) is 11.8 Å². The van der Waals surface area contributed by atoms with E-state index in [4.69, 9.17) is 0 Å². The van der Waals surface area contributed by atoms with Gasteiger partial charge in [-0.25, -0.2) is 0 Å². The normalized spacial score (nSPS) is 14.4. The van der Waals surface area contributed by atoms with Crippen LogP contribution >= 0.6 is 11.8 Å². The second kappa shape index (κ2) is 10.3. The lowest BCUT2D eigenvalue weighted by molar-refractivity contribution is -0.129. The number of likely N-dealkylation sites (tertiary alicyclic amines) is 1. The zero-order valence-corrected chi connectivity index (χ0v) is 18.1. The van der Waals surface area contributed by atoms with Crippen molar-refractivity contribution in [2.24, 2.45) is 7.05 Å². The first-order valence-corrected chi connectivity index (χ1v) is 11.1. The summed E-state index contributed by atoms with van der Waals surface area (Å²) in [6.45, 7) is 3.20. The van der Waals surface area contributed by atoms with E-state index in [-0.39, 0.29) is 35.3 Å². The van der Waals surface area contributed by atoms with Crippen LogP contribution in [0.4, 0.5) is 5.69 Å².